The van der Waals surface area contributed by atoms with E-state index >= 15 is 0 Å². The van der Waals surface area contributed by atoms with E-state index in [1.54, 1.807) is 0 Å². The third kappa shape index (κ3) is 5.97. The van der Waals surface area contributed by atoms with Crippen LogP contribution in [0.3, 0.4) is 0 Å². The van der Waals surface area contributed by atoms with E-state index in [-0.39, 0.29) is 6.10 Å². The number of rotatable bonds is 11. The fraction of sp³-hybridized carbons (Fsp3) is 1.00. The van der Waals surface area contributed by atoms with E-state index in [2.05, 4.69) is 13.8 Å². The molecular formula is C12H26O4Si. The normalized spacial score (nSPS) is 19.8. The highest BCUT2D eigenvalue weighted by Gasteiger charge is 2.35. The van der Waals surface area contributed by atoms with Crippen LogP contribution in [0, 0.1) is 0 Å². The van der Waals surface area contributed by atoms with Crippen molar-refractivity contribution < 1.29 is 18.9 Å². The van der Waals surface area contributed by atoms with Crippen molar-refractivity contribution in [3.05, 3.63) is 0 Å². The maximum Gasteiger partial charge on any atom is 0.282 e. The minimum Gasteiger partial charge on any atom is -0.371 e. The highest BCUT2D eigenvalue weighted by atomic mass is 28.1. The first-order valence-electron chi connectivity index (χ1n) is 6.79. The molecule has 1 aliphatic rings. The van der Waals surface area contributed by atoms with Gasteiger partial charge in [0, 0.05) is 16.7 Å². The molecule has 0 bridgehead atoms. The minimum absolute atomic E-state index is 0.249. The maximum atomic E-state index is 5.85. The Morgan fingerprint density at radius 1 is 1.18 bits per heavy atom. The Balaban J connectivity index is 2.46. The lowest BCUT2D eigenvalue weighted by Crippen LogP contribution is -2.41. The average molecular weight is 262 g/mol. The van der Waals surface area contributed by atoms with Gasteiger partial charge in [0.1, 0.15) is 6.10 Å². The summed E-state index contributed by atoms with van der Waals surface area (Å²) in [6.45, 7) is 6.92. The Kier molecular flexibility index (Phi) is 7.30. The number of hydrogen-bond donors (Lipinski definition) is 0. The summed E-state index contributed by atoms with van der Waals surface area (Å²) in [5, 5.41) is 0. The van der Waals surface area contributed by atoms with Crippen molar-refractivity contribution in [1.29, 1.82) is 0 Å². The summed E-state index contributed by atoms with van der Waals surface area (Å²) in [7, 11) is 1.13. The Bertz CT molecular complexity index is 189. The van der Waals surface area contributed by atoms with Gasteiger partial charge >= 0.3 is 0 Å². The van der Waals surface area contributed by atoms with Crippen LogP contribution in [0.15, 0.2) is 0 Å². The maximum absolute atomic E-state index is 5.85. The SMILES string of the molecule is CCCOC(CC[SiH3])(OCCC)OCC1CO1. The van der Waals surface area contributed by atoms with Crippen LogP contribution in [0.2, 0.25) is 6.04 Å². The fourth-order valence-corrected chi connectivity index (χ4v) is 2.16. The second kappa shape index (κ2) is 8.21. The molecule has 0 spiro atoms. The lowest BCUT2D eigenvalue weighted by Gasteiger charge is -2.33. The monoisotopic (exact) mass is 262 g/mol. The van der Waals surface area contributed by atoms with E-state index in [1.165, 1.54) is 0 Å². The molecule has 102 valence electrons. The Morgan fingerprint density at radius 2 is 1.76 bits per heavy atom. The highest BCUT2D eigenvalue weighted by molar-refractivity contribution is 6.08. The van der Waals surface area contributed by atoms with Crippen LogP contribution in [-0.4, -0.2) is 48.7 Å². The molecule has 0 N–H and O–H groups in total. The lowest BCUT2D eigenvalue weighted by molar-refractivity contribution is -0.382. The van der Waals surface area contributed by atoms with Gasteiger partial charge in [-0.05, 0) is 12.8 Å². The second-order valence-corrected chi connectivity index (χ2v) is 5.40. The Hall–Kier alpha value is 0.0569. The van der Waals surface area contributed by atoms with Gasteiger partial charge in [0.25, 0.3) is 5.97 Å². The van der Waals surface area contributed by atoms with E-state index in [9.17, 15) is 0 Å². The zero-order valence-corrected chi connectivity index (χ0v) is 13.4. The number of ether oxygens (including phenoxy) is 4. The summed E-state index contributed by atoms with van der Waals surface area (Å²) in [4.78, 5) is 0. The lowest BCUT2D eigenvalue weighted by atomic mass is 10.3. The van der Waals surface area contributed by atoms with Crippen molar-refractivity contribution in [2.45, 2.75) is 51.2 Å². The Morgan fingerprint density at radius 3 is 2.18 bits per heavy atom. The van der Waals surface area contributed by atoms with Crippen LogP contribution in [0.25, 0.3) is 0 Å². The number of epoxide rings is 1. The van der Waals surface area contributed by atoms with Gasteiger partial charge in [-0.2, -0.15) is 0 Å². The first kappa shape index (κ1) is 15.1. The van der Waals surface area contributed by atoms with Gasteiger partial charge in [0.05, 0.1) is 26.4 Å². The van der Waals surface area contributed by atoms with Crippen molar-refractivity contribution in [1.82, 2.24) is 0 Å². The Labute approximate surface area is 107 Å². The highest BCUT2D eigenvalue weighted by Crippen LogP contribution is 2.24. The van der Waals surface area contributed by atoms with E-state index in [0.717, 1.165) is 42.2 Å². The fourth-order valence-electron chi connectivity index (χ4n) is 1.55. The standard InChI is InChI=1S/C12H26O4Si/c1-3-6-14-12(5-8-17,15-7-4-2)16-10-11-9-13-11/h11H,3-10H2,1-2,17H3. The predicted molar refractivity (Wildman–Crippen MR) is 70.3 cm³/mol. The van der Waals surface area contributed by atoms with Gasteiger partial charge in [-0.3, -0.25) is 0 Å². The predicted octanol–water partition coefficient (Wildman–Crippen LogP) is 1.08. The second-order valence-electron chi connectivity index (χ2n) is 4.40. The summed E-state index contributed by atoms with van der Waals surface area (Å²) in [5.41, 5.74) is 0. The van der Waals surface area contributed by atoms with Gasteiger partial charge < -0.3 is 18.9 Å². The molecule has 0 aromatic carbocycles. The number of hydrogen-bond acceptors (Lipinski definition) is 4. The van der Waals surface area contributed by atoms with Crippen molar-refractivity contribution in [2.75, 3.05) is 26.4 Å². The largest absolute Gasteiger partial charge is 0.371 e. The molecule has 1 heterocycles. The van der Waals surface area contributed by atoms with Crippen LogP contribution in [0.4, 0.5) is 0 Å². The molecular weight excluding hydrogens is 236 g/mol. The van der Waals surface area contributed by atoms with Gasteiger partial charge in [-0.25, -0.2) is 0 Å². The average Bonchev–Trinajstić information content (AvgIpc) is 3.15. The molecule has 0 aromatic heterocycles. The topological polar surface area (TPSA) is 40.2 Å². The van der Waals surface area contributed by atoms with Gasteiger partial charge in [-0.15, -0.1) is 0 Å². The van der Waals surface area contributed by atoms with Crippen LogP contribution >= 0.6 is 0 Å². The zero-order valence-electron chi connectivity index (χ0n) is 11.4. The van der Waals surface area contributed by atoms with E-state index < -0.39 is 5.97 Å². The van der Waals surface area contributed by atoms with Crippen molar-refractivity contribution >= 4 is 10.2 Å². The third-order valence-electron chi connectivity index (χ3n) is 2.50. The van der Waals surface area contributed by atoms with Crippen LogP contribution < -0.4 is 0 Å². The zero-order chi connectivity index (χ0) is 12.6. The molecule has 1 rings (SSSR count). The van der Waals surface area contributed by atoms with E-state index in [0.29, 0.717) is 19.8 Å². The molecule has 0 aliphatic carbocycles. The van der Waals surface area contributed by atoms with Gasteiger partial charge in [0.2, 0.25) is 0 Å². The summed E-state index contributed by atoms with van der Waals surface area (Å²) in [6, 6.07) is 1.11. The molecule has 0 amide bonds. The molecule has 1 saturated heterocycles. The summed E-state index contributed by atoms with van der Waals surface area (Å²) in [5.74, 6) is -0.820. The van der Waals surface area contributed by atoms with Crippen LogP contribution in [-0.2, 0) is 18.9 Å². The molecule has 0 saturated carbocycles. The molecule has 1 aliphatic heterocycles. The first-order valence-corrected chi connectivity index (χ1v) is 8.21. The first-order chi connectivity index (χ1) is 8.26. The molecule has 17 heavy (non-hydrogen) atoms. The van der Waals surface area contributed by atoms with Crippen molar-refractivity contribution in [2.24, 2.45) is 0 Å². The molecule has 4 nitrogen and oxygen atoms in total. The summed E-state index contributed by atoms with van der Waals surface area (Å²) < 4.78 is 22.7. The van der Waals surface area contributed by atoms with E-state index in [4.69, 9.17) is 18.9 Å². The van der Waals surface area contributed by atoms with Gasteiger partial charge in [-0.1, -0.05) is 19.9 Å². The quantitative estimate of drug-likeness (QED) is 0.317. The van der Waals surface area contributed by atoms with Crippen LogP contribution in [0.5, 0.6) is 0 Å². The molecule has 5 heteroatoms. The molecule has 1 unspecified atom stereocenters. The molecule has 0 aromatic rings. The molecule has 0 radical (unpaired) electrons. The minimum atomic E-state index is -0.820. The molecule has 1 fully saturated rings. The summed E-state index contributed by atoms with van der Waals surface area (Å²) in [6.07, 6.45) is 3.02. The third-order valence-corrected chi connectivity index (χ3v) is 3.00. The van der Waals surface area contributed by atoms with Crippen molar-refractivity contribution in [3.63, 3.8) is 0 Å². The van der Waals surface area contributed by atoms with Gasteiger partial charge in [0.15, 0.2) is 0 Å². The summed E-state index contributed by atoms with van der Waals surface area (Å²) >= 11 is 0. The van der Waals surface area contributed by atoms with Crippen LogP contribution in [0.1, 0.15) is 33.1 Å². The van der Waals surface area contributed by atoms with Crippen molar-refractivity contribution in [3.8, 4) is 0 Å². The smallest absolute Gasteiger partial charge is 0.282 e. The molecule has 1 atom stereocenters. The van der Waals surface area contributed by atoms with E-state index in [1.807, 2.05) is 0 Å².